The van der Waals surface area contributed by atoms with E-state index in [2.05, 4.69) is 0 Å². The minimum Gasteiger partial charge on any atom is -0.224 e. The van der Waals surface area contributed by atoms with Gasteiger partial charge in [-0.2, -0.15) is 4.31 Å². The second-order valence-electron chi connectivity index (χ2n) is 5.64. The van der Waals surface area contributed by atoms with Gasteiger partial charge in [-0.3, -0.25) is 0 Å². The van der Waals surface area contributed by atoms with Crippen molar-refractivity contribution in [3.05, 3.63) is 59.7 Å². The maximum atomic E-state index is 13.3. The first-order chi connectivity index (χ1) is 11.4. The van der Waals surface area contributed by atoms with E-state index in [-0.39, 0.29) is 4.90 Å². The molecule has 0 amide bonds. The molecule has 2 rings (SSSR count). The molecule has 5 nitrogen and oxygen atoms in total. The van der Waals surface area contributed by atoms with E-state index < -0.39 is 42.4 Å². The molecular weight excluding hydrogens is 372 g/mol. The summed E-state index contributed by atoms with van der Waals surface area (Å²) in [4.78, 5) is -0.381. The van der Waals surface area contributed by atoms with Gasteiger partial charge in [0.25, 0.3) is 0 Å². The first-order valence-corrected chi connectivity index (χ1v) is 10.5. The van der Waals surface area contributed by atoms with Crippen LogP contribution in [0.3, 0.4) is 0 Å². The van der Waals surface area contributed by atoms with Crippen molar-refractivity contribution in [1.82, 2.24) is 4.31 Å². The fourth-order valence-corrected chi connectivity index (χ4v) is 4.28. The molecule has 0 heterocycles. The van der Waals surface area contributed by atoms with Crippen LogP contribution in [0.4, 0.5) is 8.78 Å². The van der Waals surface area contributed by atoms with Crippen LogP contribution in [-0.2, 0) is 19.9 Å². The normalized spacial score (nSPS) is 13.8. The first-order valence-electron chi connectivity index (χ1n) is 7.17. The number of nitrogens with zero attached hydrogens (tertiary/aromatic N) is 1. The van der Waals surface area contributed by atoms with Crippen LogP contribution in [0, 0.1) is 11.6 Å². The minimum absolute atomic E-state index is 0.112. The van der Waals surface area contributed by atoms with Gasteiger partial charge in [-0.25, -0.2) is 25.6 Å². The number of sulfone groups is 1. The third-order valence-electron chi connectivity index (χ3n) is 3.85. The Kier molecular flexibility index (Phi) is 5.31. The van der Waals surface area contributed by atoms with E-state index in [1.165, 1.54) is 31.3 Å². The Morgan fingerprint density at radius 3 is 1.80 bits per heavy atom. The van der Waals surface area contributed by atoms with Crippen LogP contribution in [0.1, 0.15) is 18.5 Å². The lowest BCUT2D eigenvalue weighted by Crippen LogP contribution is -2.30. The number of hydrogen-bond acceptors (Lipinski definition) is 4. The van der Waals surface area contributed by atoms with Crippen LogP contribution in [0.15, 0.2) is 52.3 Å². The molecule has 0 aromatic heterocycles. The fourth-order valence-electron chi connectivity index (χ4n) is 2.26. The molecule has 1 unspecified atom stereocenters. The lowest BCUT2D eigenvalue weighted by molar-refractivity contribution is 0.397. The van der Waals surface area contributed by atoms with Gasteiger partial charge in [0.05, 0.1) is 9.79 Å². The van der Waals surface area contributed by atoms with E-state index in [1.54, 1.807) is 6.92 Å². The average molecular weight is 389 g/mol. The lowest BCUT2D eigenvalue weighted by atomic mass is 10.1. The maximum absolute atomic E-state index is 13.3. The standard InChI is InChI=1S/C16H17F2NO4S2/c1-11(12-4-6-15(7-5-12)24(3,20)21)19(2)25(22,23)16-9-13(17)8-14(18)10-16/h4-11H,1-3H3. The van der Waals surface area contributed by atoms with Gasteiger partial charge in [0.2, 0.25) is 10.0 Å². The average Bonchev–Trinajstić information content (AvgIpc) is 2.51. The number of sulfonamides is 1. The largest absolute Gasteiger partial charge is 0.243 e. The van der Waals surface area contributed by atoms with Crippen LogP contribution in [-0.4, -0.2) is 34.4 Å². The zero-order valence-electron chi connectivity index (χ0n) is 13.8. The van der Waals surface area contributed by atoms with E-state index in [9.17, 15) is 25.6 Å². The SMILES string of the molecule is CC(c1ccc(S(C)(=O)=O)cc1)N(C)S(=O)(=O)c1cc(F)cc(F)c1. The van der Waals surface area contributed by atoms with Crippen molar-refractivity contribution in [2.45, 2.75) is 22.8 Å². The van der Waals surface area contributed by atoms with E-state index >= 15 is 0 Å². The highest BCUT2D eigenvalue weighted by Gasteiger charge is 2.27. The van der Waals surface area contributed by atoms with Gasteiger partial charge in [0, 0.05) is 25.4 Å². The summed E-state index contributed by atoms with van der Waals surface area (Å²) in [5.41, 5.74) is 0.537. The van der Waals surface area contributed by atoms with Gasteiger partial charge in [-0.1, -0.05) is 12.1 Å². The predicted octanol–water partition coefficient (Wildman–Crippen LogP) is 2.75. The quantitative estimate of drug-likeness (QED) is 0.788. The predicted molar refractivity (Wildman–Crippen MR) is 89.3 cm³/mol. The van der Waals surface area contributed by atoms with Crippen molar-refractivity contribution >= 4 is 19.9 Å². The molecule has 0 bridgehead atoms. The van der Waals surface area contributed by atoms with Crippen molar-refractivity contribution < 1.29 is 25.6 Å². The lowest BCUT2D eigenvalue weighted by Gasteiger charge is -2.25. The Labute approximate surface area is 145 Å². The van der Waals surface area contributed by atoms with Crippen LogP contribution in [0.5, 0.6) is 0 Å². The molecule has 2 aromatic carbocycles. The second kappa shape index (κ2) is 6.81. The zero-order chi connectivity index (χ0) is 19.0. The van der Waals surface area contributed by atoms with Crippen LogP contribution < -0.4 is 0 Å². The molecule has 1 atom stereocenters. The zero-order valence-corrected chi connectivity index (χ0v) is 15.4. The first kappa shape index (κ1) is 19.5. The van der Waals surface area contributed by atoms with Crippen LogP contribution in [0.25, 0.3) is 0 Å². The Morgan fingerprint density at radius 2 is 1.36 bits per heavy atom. The third-order valence-corrected chi connectivity index (χ3v) is 6.88. The van der Waals surface area contributed by atoms with Crippen molar-refractivity contribution in [2.75, 3.05) is 13.3 Å². The number of benzene rings is 2. The molecule has 0 N–H and O–H groups in total. The summed E-state index contributed by atoms with van der Waals surface area (Å²) in [6.07, 6.45) is 1.07. The van der Waals surface area contributed by atoms with Crippen molar-refractivity contribution in [1.29, 1.82) is 0 Å². The Morgan fingerprint density at radius 1 is 0.880 bits per heavy atom. The monoisotopic (exact) mass is 389 g/mol. The molecule has 0 aliphatic rings. The highest BCUT2D eigenvalue weighted by atomic mass is 32.2. The van der Waals surface area contributed by atoms with E-state index in [1.807, 2.05) is 0 Å². The Balaban J connectivity index is 2.36. The molecule has 0 saturated heterocycles. The number of rotatable bonds is 5. The van der Waals surface area contributed by atoms with Crippen LogP contribution >= 0.6 is 0 Å². The van der Waals surface area contributed by atoms with Gasteiger partial charge in [-0.15, -0.1) is 0 Å². The molecule has 0 fully saturated rings. The Bertz CT molecular complexity index is 967. The Hall–Kier alpha value is -1.84. The van der Waals surface area contributed by atoms with Gasteiger partial charge in [0.1, 0.15) is 11.6 Å². The summed E-state index contributed by atoms with van der Waals surface area (Å²) in [5, 5.41) is 0. The summed E-state index contributed by atoms with van der Waals surface area (Å²) >= 11 is 0. The summed E-state index contributed by atoms with van der Waals surface area (Å²) in [6.45, 7) is 1.59. The molecule has 136 valence electrons. The second-order valence-corrected chi connectivity index (χ2v) is 9.66. The smallest absolute Gasteiger partial charge is 0.224 e. The molecule has 0 saturated carbocycles. The molecular formula is C16H17F2NO4S2. The fraction of sp³-hybridized carbons (Fsp3) is 0.250. The van der Waals surface area contributed by atoms with Crippen LogP contribution in [0.2, 0.25) is 0 Å². The minimum atomic E-state index is -4.13. The maximum Gasteiger partial charge on any atom is 0.243 e. The van der Waals surface area contributed by atoms with Gasteiger partial charge in [0.15, 0.2) is 9.84 Å². The van der Waals surface area contributed by atoms with Crippen molar-refractivity contribution in [3.63, 3.8) is 0 Å². The molecule has 0 aliphatic heterocycles. The molecule has 0 aliphatic carbocycles. The van der Waals surface area contributed by atoms with Gasteiger partial charge in [-0.05, 0) is 36.8 Å². The summed E-state index contributed by atoms with van der Waals surface area (Å²) in [7, 11) is -6.21. The van der Waals surface area contributed by atoms with Crippen molar-refractivity contribution in [3.8, 4) is 0 Å². The summed E-state index contributed by atoms with van der Waals surface area (Å²) < 4.78 is 75.7. The molecule has 25 heavy (non-hydrogen) atoms. The van der Waals surface area contributed by atoms with Gasteiger partial charge >= 0.3 is 0 Å². The molecule has 0 spiro atoms. The van der Waals surface area contributed by atoms with E-state index in [0.717, 1.165) is 22.7 Å². The number of halogens is 2. The number of hydrogen-bond donors (Lipinski definition) is 0. The summed E-state index contributed by atoms with van der Waals surface area (Å²) in [5.74, 6) is -1.98. The third kappa shape index (κ3) is 4.23. The van der Waals surface area contributed by atoms with E-state index in [4.69, 9.17) is 0 Å². The van der Waals surface area contributed by atoms with E-state index in [0.29, 0.717) is 11.6 Å². The molecule has 9 heteroatoms. The highest BCUT2D eigenvalue weighted by molar-refractivity contribution is 7.90. The van der Waals surface area contributed by atoms with Crippen molar-refractivity contribution in [2.24, 2.45) is 0 Å². The van der Waals surface area contributed by atoms with Gasteiger partial charge < -0.3 is 0 Å². The summed E-state index contributed by atoms with van der Waals surface area (Å²) in [6, 6.07) is 7.16. The highest BCUT2D eigenvalue weighted by Crippen LogP contribution is 2.27. The molecule has 2 aromatic rings. The molecule has 0 radical (unpaired) electrons. The topological polar surface area (TPSA) is 71.5 Å².